The second-order valence-corrected chi connectivity index (χ2v) is 2.18. The van der Waals surface area contributed by atoms with Gasteiger partial charge in [-0.05, 0) is 6.92 Å². The van der Waals surface area contributed by atoms with E-state index in [2.05, 4.69) is 10.2 Å². The highest BCUT2D eigenvalue weighted by atomic mass is 16.5. The summed E-state index contributed by atoms with van der Waals surface area (Å²) in [6.45, 7) is 2.55. The monoisotopic (exact) mass is 174 g/mol. The van der Waals surface area contributed by atoms with E-state index < -0.39 is 0 Å². The van der Waals surface area contributed by atoms with Crippen LogP contribution in [0.4, 0.5) is 0 Å². The predicted octanol–water partition coefficient (Wildman–Crippen LogP) is -0.468. The van der Waals surface area contributed by atoms with Gasteiger partial charge >= 0.3 is 5.97 Å². The Kier molecular flexibility index (Phi) is 6.00. The lowest BCUT2D eigenvalue weighted by molar-refractivity contribution is -0.143. The van der Waals surface area contributed by atoms with Gasteiger partial charge in [0, 0.05) is 13.6 Å². The molecule has 70 valence electrons. The SMILES string of the molecule is CCOC(=O)CCNN(C)C=O. The van der Waals surface area contributed by atoms with Gasteiger partial charge in [-0.25, -0.2) is 5.43 Å². The average Bonchev–Trinajstić information content (AvgIpc) is 2.04. The molecule has 0 saturated carbocycles. The molecule has 0 aromatic rings. The lowest BCUT2D eigenvalue weighted by atomic mass is 10.4. The van der Waals surface area contributed by atoms with Gasteiger partial charge in [-0.15, -0.1) is 0 Å². The number of hydrazine groups is 1. The van der Waals surface area contributed by atoms with Gasteiger partial charge in [0.2, 0.25) is 6.41 Å². The average molecular weight is 174 g/mol. The topological polar surface area (TPSA) is 58.6 Å². The van der Waals surface area contributed by atoms with Gasteiger partial charge in [0.1, 0.15) is 0 Å². The van der Waals surface area contributed by atoms with E-state index in [9.17, 15) is 9.59 Å². The smallest absolute Gasteiger partial charge is 0.307 e. The first kappa shape index (κ1) is 10.9. The third-order valence-electron chi connectivity index (χ3n) is 1.15. The standard InChI is InChI=1S/C7H14N2O3/c1-3-12-7(11)4-5-8-9(2)6-10/h6,8H,3-5H2,1-2H3. The zero-order chi connectivity index (χ0) is 9.40. The first-order valence-electron chi connectivity index (χ1n) is 3.78. The van der Waals surface area contributed by atoms with Gasteiger partial charge in [0.05, 0.1) is 13.0 Å². The number of hydrogen-bond donors (Lipinski definition) is 1. The zero-order valence-electron chi connectivity index (χ0n) is 7.37. The van der Waals surface area contributed by atoms with Crippen molar-refractivity contribution in [3.8, 4) is 0 Å². The summed E-state index contributed by atoms with van der Waals surface area (Å²) in [4.78, 5) is 20.8. The quantitative estimate of drug-likeness (QED) is 0.336. The van der Waals surface area contributed by atoms with Crippen LogP contribution in [-0.2, 0) is 14.3 Å². The normalized spacial score (nSPS) is 9.17. The number of amides is 1. The number of nitrogens with one attached hydrogen (secondary N) is 1. The molecule has 0 saturated heterocycles. The third-order valence-corrected chi connectivity index (χ3v) is 1.15. The molecule has 0 aliphatic carbocycles. The second-order valence-electron chi connectivity index (χ2n) is 2.18. The van der Waals surface area contributed by atoms with Gasteiger partial charge in [-0.2, -0.15) is 0 Å². The minimum Gasteiger partial charge on any atom is -0.466 e. The number of rotatable bonds is 6. The van der Waals surface area contributed by atoms with E-state index in [1.54, 1.807) is 14.0 Å². The van der Waals surface area contributed by atoms with Crippen LogP contribution in [-0.4, -0.2) is 37.6 Å². The molecular formula is C7H14N2O3. The van der Waals surface area contributed by atoms with Gasteiger partial charge in [0.25, 0.3) is 0 Å². The molecule has 5 heteroatoms. The lowest BCUT2D eigenvalue weighted by Gasteiger charge is -2.11. The van der Waals surface area contributed by atoms with Crippen LogP contribution in [0.1, 0.15) is 13.3 Å². The maximum Gasteiger partial charge on any atom is 0.307 e. The summed E-state index contributed by atoms with van der Waals surface area (Å²) in [5, 5.41) is 1.25. The minimum atomic E-state index is -0.260. The fourth-order valence-corrected chi connectivity index (χ4v) is 0.605. The number of nitrogens with zero attached hydrogens (tertiary/aromatic N) is 1. The molecule has 0 rings (SSSR count). The van der Waals surface area contributed by atoms with Crippen molar-refractivity contribution in [2.45, 2.75) is 13.3 Å². The number of carbonyl (C=O) groups excluding carboxylic acids is 2. The van der Waals surface area contributed by atoms with Crippen LogP contribution in [0, 0.1) is 0 Å². The van der Waals surface area contributed by atoms with Crippen LogP contribution in [0.25, 0.3) is 0 Å². The molecule has 0 atom stereocenters. The molecule has 0 spiro atoms. The first-order valence-corrected chi connectivity index (χ1v) is 3.78. The summed E-state index contributed by atoms with van der Waals surface area (Å²) in [7, 11) is 1.57. The van der Waals surface area contributed by atoms with Crippen LogP contribution >= 0.6 is 0 Å². The molecule has 0 aliphatic rings. The first-order chi connectivity index (χ1) is 5.70. The Balaban J connectivity index is 3.30. The summed E-state index contributed by atoms with van der Waals surface area (Å²) < 4.78 is 4.67. The Morgan fingerprint density at radius 2 is 2.33 bits per heavy atom. The van der Waals surface area contributed by atoms with Gasteiger partial charge in [-0.1, -0.05) is 0 Å². The van der Waals surface area contributed by atoms with Gasteiger partial charge in [0.15, 0.2) is 0 Å². The molecule has 0 aromatic carbocycles. The van der Waals surface area contributed by atoms with E-state index in [4.69, 9.17) is 0 Å². The summed E-state index contributed by atoms with van der Waals surface area (Å²) in [6.07, 6.45) is 0.900. The molecular weight excluding hydrogens is 160 g/mol. The van der Waals surface area contributed by atoms with Crippen molar-refractivity contribution in [3.63, 3.8) is 0 Å². The molecule has 5 nitrogen and oxygen atoms in total. The molecule has 0 radical (unpaired) electrons. The maximum absolute atomic E-state index is 10.7. The molecule has 0 fully saturated rings. The van der Waals surface area contributed by atoms with E-state index in [0.29, 0.717) is 19.6 Å². The zero-order valence-corrected chi connectivity index (χ0v) is 7.37. The molecule has 0 aliphatic heterocycles. The summed E-state index contributed by atoms with van der Waals surface area (Å²) in [5.41, 5.74) is 2.69. The molecule has 0 unspecified atom stereocenters. The lowest BCUT2D eigenvalue weighted by Crippen LogP contribution is -2.34. The fourth-order valence-electron chi connectivity index (χ4n) is 0.605. The van der Waals surface area contributed by atoms with Crippen LogP contribution in [0.3, 0.4) is 0 Å². The third kappa shape index (κ3) is 5.67. The highest BCUT2D eigenvalue weighted by Gasteiger charge is 2.00. The molecule has 0 heterocycles. The number of esters is 1. The summed E-state index contributed by atoms with van der Waals surface area (Å²) in [5.74, 6) is -0.260. The molecule has 0 aromatic heterocycles. The van der Waals surface area contributed by atoms with Gasteiger partial charge < -0.3 is 4.74 Å². The Bertz CT molecular complexity index is 150. The van der Waals surface area contributed by atoms with E-state index in [1.165, 1.54) is 5.01 Å². The van der Waals surface area contributed by atoms with Gasteiger partial charge in [-0.3, -0.25) is 14.6 Å². The Labute approximate surface area is 71.6 Å². The maximum atomic E-state index is 10.7. The molecule has 0 bridgehead atoms. The van der Waals surface area contributed by atoms with Crippen LogP contribution < -0.4 is 5.43 Å². The van der Waals surface area contributed by atoms with E-state index in [0.717, 1.165) is 0 Å². The Morgan fingerprint density at radius 3 is 2.83 bits per heavy atom. The van der Waals surface area contributed by atoms with Crippen LogP contribution in [0.2, 0.25) is 0 Å². The number of hydrogen-bond acceptors (Lipinski definition) is 4. The Hall–Kier alpha value is -1.10. The van der Waals surface area contributed by atoms with Crippen molar-refractivity contribution >= 4 is 12.4 Å². The predicted molar refractivity (Wildman–Crippen MR) is 43.1 cm³/mol. The summed E-state index contributed by atoms with van der Waals surface area (Å²) >= 11 is 0. The van der Waals surface area contributed by atoms with Crippen molar-refractivity contribution in [2.24, 2.45) is 0 Å². The van der Waals surface area contributed by atoms with Crippen LogP contribution in [0.5, 0.6) is 0 Å². The summed E-state index contributed by atoms with van der Waals surface area (Å²) in [6, 6.07) is 0. The number of carbonyl (C=O) groups is 2. The van der Waals surface area contributed by atoms with E-state index in [1.807, 2.05) is 0 Å². The molecule has 1 N–H and O–H groups in total. The van der Waals surface area contributed by atoms with Crippen LogP contribution in [0.15, 0.2) is 0 Å². The number of ether oxygens (including phenoxy) is 1. The highest BCUT2D eigenvalue weighted by Crippen LogP contribution is 1.83. The second kappa shape index (κ2) is 6.60. The minimum absolute atomic E-state index is 0.260. The largest absolute Gasteiger partial charge is 0.466 e. The van der Waals surface area contributed by atoms with Crippen molar-refractivity contribution in [3.05, 3.63) is 0 Å². The Morgan fingerprint density at radius 1 is 1.67 bits per heavy atom. The van der Waals surface area contributed by atoms with E-state index in [-0.39, 0.29) is 12.4 Å². The molecule has 12 heavy (non-hydrogen) atoms. The van der Waals surface area contributed by atoms with Crippen molar-refractivity contribution < 1.29 is 14.3 Å². The highest BCUT2D eigenvalue weighted by molar-refractivity contribution is 5.69. The van der Waals surface area contributed by atoms with E-state index >= 15 is 0 Å². The van der Waals surface area contributed by atoms with Crippen molar-refractivity contribution in [1.82, 2.24) is 10.4 Å². The van der Waals surface area contributed by atoms with Crippen molar-refractivity contribution in [2.75, 3.05) is 20.2 Å². The fraction of sp³-hybridized carbons (Fsp3) is 0.714. The van der Waals surface area contributed by atoms with Crippen molar-refractivity contribution in [1.29, 1.82) is 0 Å². The molecule has 1 amide bonds.